The number of para-hydroxylation sites is 1. The van der Waals surface area contributed by atoms with Gasteiger partial charge in [0.25, 0.3) is 0 Å². The summed E-state index contributed by atoms with van der Waals surface area (Å²) < 4.78 is 5.58. The molecule has 0 atom stereocenters. The molecule has 5 nitrogen and oxygen atoms in total. The third kappa shape index (κ3) is 2.24. The number of carboxylic acid groups (broad SMARTS) is 1. The molecule has 1 saturated heterocycles. The van der Waals surface area contributed by atoms with Gasteiger partial charge >= 0.3 is 12.1 Å². The maximum Gasteiger partial charge on any atom is 0.415 e. The molecular weight excluding hydrogens is 258 g/mol. The van der Waals surface area contributed by atoms with Crippen molar-refractivity contribution in [1.29, 1.82) is 0 Å². The van der Waals surface area contributed by atoms with Gasteiger partial charge in [-0.05, 0) is 37.8 Å². The van der Waals surface area contributed by atoms with Gasteiger partial charge in [-0.25, -0.2) is 4.79 Å². The molecule has 20 heavy (non-hydrogen) atoms. The Labute approximate surface area is 117 Å². The Morgan fingerprint density at radius 1 is 1.25 bits per heavy atom. The first-order valence-electron chi connectivity index (χ1n) is 6.88. The number of carbonyl (C=O) groups is 2. The van der Waals surface area contributed by atoms with Crippen LogP contribution in [-0.2, 0) is 9.53 Å². The fourth-order valence-electron chi connectivity index (χ4n) is 3.08. The van der Waals surface area contributed by atoms with Gasteiger partial charge in [0.15, 0.2) is 0 Å². The molecule has 1 saturated carbocycles. The lowest BCUT2D eigenvalue weighted by Gasteiger charge is -2.33. The number of nitrogens with zero attached hydrogens (tertiary/aromatic N) is 1. The normalized spacial score (nSPS) is 29.5. The Morgan fingerprint density at radius 3 is 2.50 bits per heavy atom. The molecule has 1 aromatic carbocycles. The second-order valence-corrected chi connectivity index (χ2v) is 5.59. The van der Waals surface area contributed by atoms with Crippen molar-refractivity contribution >= 4 is 17.7 Å². The minimum absolute atomic E-state index is 0.301. The van der Waals surface area contributed by atoms with E-state index >= 15 is 0 Å². The van der Waals surface area contributed by atoms with Crippen molar-refractivity contribution in [1.82, 2.24) is 0 Å². The van der Waals surface area contributed by atoms with E-state index in [1.807, 2.05) is 30.3 Å². The zero-order valence-electron chi connectivity index (χ0n) is 11.1. The topological polar surface area (TPSA) is 66.8 Å². The molecule has 1 spiro atoms. The second kappa shape index (κ2) is 4.81. The van der Waals surface area contributed by atoms with Crippen molar-refractivity contribution in [2.45, 2.75) is 31.3 Å². The number of hydrogen-bond acceptors (Lipinski definition) is 3. The van der Waals surface area contributed by atoms with Crippen molar-refractivity contribution in [3.63, 3.8) is 0 Å². The Morgan fingerprint density at radius 2 is 1.90 bits per heavy atom. The van der Waals surface area contributed by atoms with Gasteiger partial charge in [-0.1, -0.05) is 18.2 Å². The Balaban J connectivity index is 1.73. The number of carboxylic acids is 1. The second-order valence-electron chi connectivity index (χ2n) is 5.59. The van der Waals surface area contributed by atoms with Gasteiger partial charge in [-0.2, -0.15) is 0 Å². The molecule has 0 radical (unpaired) electrons. The van der Waals surface area contributed by atoms with Crippen LogP contribution in [-0.4, -0.2) is 29.3 Å². The lowest BCUT2D eigenvalue weighted by atomic mass is 9.79. The minimum atomic E-state index is -0.746. The van der Waals surface area contributed by atoms with Crippen LogP contribution < -0.4 is 4.90 Å². The largest absolute Gasteiger partial charge is 0.481 e. The fourth-order valence-corrected chi connectivity index (χ4v) is 3.08. The van der Waals surface area contributed by atoms with Crippen molar-refractivity contribution in [2.24, 2.45) is 5.92 Å². The molecular formula is C15H17NO4. The smallest absolute Gasteiger partial charge is 0.415 e. The zero-order valence-corrected chi connectivity index (χ0v) is 11.1. The van der Waals surface area contributed by atoms with E-state index in [9.17, 15) is 9.59 Å². The molecule has 1 amide bonds. The van der Waals surface area contributed by atoms with E-state index in [-0.39, 0.29) is 12.0 Å². The first-order valence-corrected chi connectivity index (χ1v) is 6.88. The van der Waals surface area contributed by atoms with E-state index in [1.54, 1.807) is 4.90 Å². The van der Waals surface area contributed by atoms with Gasteiger partial charge < -0.3 is 9.84 Å². The third-order valence-electron chi connectivity index (χ3n) is 4.28. The molecule has 5 heteroatoms. The summed E-state index contributed by atoms with van der Waals surface area (Å²) in [5.74, 6) is -1.05. The third-order valence-corrected chi connectivity index (χ3v) is 4.28. The van der Waals surface area contributed by atoms with Gasteiger partial charge in [0.2, 0.25) is 0 Å². The molecule has 0 aromatic heterocycles. The lowest BCUT2D eigenvalue weighted by molar-refractivity contribution is -0.144. The Bertz CT molecular complexity index is 520. The average Bonchev–Trinajstić information content (AvgIpc) is 2.77. The molecule has 106 valence electrons. The summed E-state index contributed by atoms with van der Waals surface area (Å²) in [5.41, 5.74) is 0.327. The number of benzene rings is 1. The first kappa shape index (κ1) is 13.0. The molecule has 1 N–H and O–H groups in total. The number of carbonyl (C=O) groups excluding carboxylic acids is 1. The number of amides is 1. The van der Waals surface area contributed by atoms with E-state index < -0.39 is 11.6 Å². The summed E-state index contributed by atoms with van der Waals surface area (Å²) in [7, 11) is 0. The molecule has 0 bridgehead atoms. The van der Waals surface area contributed by atoms with E-state index in [2.05, 4.69) is 0 Å². The number of rotatable bonds is 2. The molecule has 1 aliphatic carbocycles. The van der Waals surface area contributed by atoms with Crippen LogP contribution in [0.4, 0.5) is 10.5 Å². The zero-order chi connectivity index (χ0) is 14.2. The average molecular weight is 275 g/mol. The lowest BCUT2D eigenvalue weighted by Crippen LogP contribution is -2.40. The predicted octanol–water partition coefficient (Wildman–Crippen LogP) is 2.66. The van der Waals surface area contributed by atoms with Crippen LogP contribution in [0.5, 0.6) is 0 Å². The molecule has 1 aromatic rings. The Hall–Kier alpha value is -2.04. The molecule has 3 rings (SSSR count). The quantitative estimate of drug-likeness (QED) is 0.901. The summed E-state index contributed by atoms with van der Waals surface area (Å²) in [6, 6.07) is 9.43. The van der Waals surface area contributed by atoms with E-state index in [4.69, 9.17) is 9.84 Å². The van der Waals surface area contributed by atoms with Crippen molar-refractivity contribution in [3.05, 3.63) is 30.3 Å². The summed E-state index contributed by atoms with van der Waals surface area (Å²) in [6.45, 7) is 0.516. The Kier molecular flexibility index (Phi) is 3.12. The van der Waals surface area contributed by atoms with Gasteiger partial charge in [0.1, 0.15) is 5.60 Å². The summed E-state index contributed by atoms with van der Waals surface area (Å²) in [5, 5.41) is 9.03. The van der Waals surface area contributed by atoms with Gasteiger partial charge in [-0.15, -0.1) is 0 Å². The minimum Gasteiger partial charge on any atom is -0.481 e. The predicted molar refractivity (Wildman–Crippen MR) is 72.6 cm³/mol. The summed E-state index contributed by atoms with van der Waals surface area (Å²) in [6.07, 6.45) is 2.07. The van der Waals surface area contributed by atoms with E-state index in [1.165, 1.54) is 0 Å². The number of ether oxygens (including phenoxy) is 1. The number of hydrogen-bond donors (Lipinski definition) is 1. The highest BCUT2D eigenvalue weighted by Crippen LogP contribution is 2.40. The van der Waals surface area contributed by atoms with Crippen LogP contribution in [0.25, 0.3) is 0 Å². The standard InChI is InChI=1S/C15H17NO4/c17-13(18)11-6-8-15(9-7-11)10-16(14(19)20-15)12-4-2-1-3-5-12/h1-5,11H,6-10H2,(H,17,18)/t11-,15-. The van der Waals surface area contributed by atoms with Crippen LogP contribution in [0.2, 0.25) is 0 Å². The monoisotopic (exact) mass is 275 g/mol. The SMILES string of the molecule is O=C1O[C@]2(CC[C@H](C(=O)O)CC2)CN1c1ccccc1. The van der Waals surface area contributed by atoms with Gasteiger partial charge in [-0.3, -0.25) is 9.69 Å². The molecule has 1 heterocycles. The fraction of sp³-hybridized carbons (Fsp3) is 0.467. The van der Waals surface area contributed by atoms with Crippen LogP contribution in [0.3, 0.4) is 0 Å². The maximum atomic E-state index is 12.1. The van der Waals surface area contributed by atoms with Crippen LogP contribution in [0.1, 0.15) is 25.7 Å². The number of aliphatic carboxylic acids is 1. The van der Waals surface area contributed by atoms with Crippen molar-refractivity contribution in [2.75, 3.05) is 11.4 Å². The van der Waals surface area contributed by atoms with Gasteiger partial charge in [0.05, 0.1) is 12.5 Å². The van der Waals surface area contributed by atoms with Crippen molar-refractivity contribution < 1.29 is 19.4 Å². The highest BCUT2D eigenvalue weighted by atomic mass is 16.6. The van der Waals surface area contributed by atoms with E-state index in [0.29, 0.717) is 32.2 Å². The summed E-state index contributed by atoms with van der Waals surface area (Å²) >= 11 is 0. The highest BCUT2D eigenvalue weighted by molar-refractivity contribution is 5.90. The van der Waals surface area contributed by atoms with Gasteiger partial charge in [0, 0.05) is 5.69 Å². The maximum absolute atomic E-state index is 12.1. The highest BCUT2D eigenvalue weighted by Gasteiger charge is 2.48. The molecule has 2 fully saturated rings. The first-order chi connectivity index (χ1) is 9.60. The van der Waals surface area contributed by atoms with Crippen molar-refractivity contribution in [3.8, 4) is 0 Å². The summed E-state index contributed by atoms with van der Waals surface area (Å²) in [4.78, 5) is 24.7. The number of anilines is 1. The van der Waals surface area contributed by atoms with E-state index in [0.717, 1.165) is 5.69 Å². The van der Waals surface area contributed by atoms with Crippen LogP contribution in [0, 0.1) is 5.92 Å². The molecule has 2 aliphatic rings. The molecule has 0 unspecified atom stereocenters. The molecule has 1 aliphatic heterocycles. The van der Waals surface area contributed by atoms with Crippen LogP contribution in [0.15, 0.2) is 30.3 Å². The van der Waals surface area contributed by atoms with Crippen LogP contribution >= 0.6 is 0 Å².